The van der Waals surface area contributed by atoms with Gasteiger partial charge in [-0.15, -0.1) is 0 Å². The molecule has 1 N–H and O–H groups in total. The number of nitrogens with zero attached hydrogens (tertiary/aromatic N) is 2. The Labute approximate surface area is 175 Å². The van der Waals surface area contributed by atoms with Gasteiger partial charge < -0.3 is 9.72 Å². The van der Waals surface area contributed by atoms with Crippen molar-refractivity contribution in [1.29, 1.82) is 0 Å². The van der Waals surface area contributed by atoms with E-state index >= 15 is 0 Å². The van der Waals surface area contributed by atoms with E-state index in [1.807, 2.05) is 49.5 Å². The molecule has 2 heterocycles. The van der Waals surface area contributed by atoms with E-state index in [0.29, 0.717) is 23.6 Å². The topological polar surface area (TPSA) is 46.4 Å². The fourth-order valence-electron chi connectivity index (χ4n) is 3.39. The minimum absolute atomic E-state index is 0.0727. The third kappa shape index (κ3) is 4.17. The predicted octanol–water partition coefficient (Wildman–Crippen LogP) is 5.84. The van der Waals surface area contributed by atoms with Crippen LogP contribution in [-0.2, 0) is 11.2 Å². The molecule has 2 aromatic carbocycles. The van der Waals surface area contributed by atoms with Crippen molar-refractivity contribution in [2.75, 3.05) is 5.32 Å². The van der Waals surface area contributed by atoms with Crippen LogP contribution in [0.15, 0.2) is 66.9 Å². The molecule has 0 atom stereocenters. The molecule has 4 nitrogen and oxygen atoms in total. The Balaban J connectivity index is 1.59. The van der Waals surface area contributed by atoms with Gasteiger partial charge in [0.1, 0.15) is 5.65 Å². The van der Waals surface area contributed by atoms with Crippen LogP contribution in [0.5, 0.6) is 0 Å². The quantitative estimate of drug-likeness (QED) is 0.454. The van der Waals surface area contributed by atoms with Gasteiger partial charge in [0.25, 0.3) is 0 Å². The van der Waals surface area contributed by atoms with E-state index in [-0.39, 0.29) is 5.91 Å². The number of carbonyl (C=O) groups is 1. The average Bonchev–Trinajstić information content (AvgIpc) is 3.08. The molecular formula is C24H22ClN3O. The molecule has 1 amide bonds. The molecule has 0 bridgehead atoms. The maximum Gasteiger partial charge on any atom is 0.224 e. The first kappa shape index (κ1) is 19.2. The zero-order valence-electron chi connectivity index (χ0n) is 16.4. The van der Waals surface area contributed by atoms with E-state index in [4.69, 9.17) is 16.6 Å². The van der Waals surface area contributed by atoms with Crippen molar-refractivity contribution >= 4 is 28.8 Å². The minimum atomic E-state index is -0.0727. The lowest BCUT2D eigenvalue weighted by molar-refractivity contribution is -0.116. The van der Waals surface area contributed by atoms with Gasteiger partial charge in [0.15, 0.2) is 0 Å². The number of amides is 1. The van der Waals surface area contributed by atoms with Crippen molar-refractivity contribution in [2.45, 2.75) is 26.7 Å². The molecule has 2 aromatic heterocycles. The number of benzene rings is 2. The lowest BCUT2D eigenvalue weighted by Crippen LogP contribution is -2.13. The zero-order chi connectivity index (χ0) is 20.4. The van der Waals surface area contributed by atoms with Crippen molar-refractivity contribution in [2.24, 2.45) is 0 Å². The number of fused-ring (bicyclic) bond motifs is 1. The third-order valence-corrected chi connectivity index (χ3v) is 5.25. The van der Waals surface area contributed by atoms with Gasteiger partial charge in [-0.05, 0) is 50.1 Å². The first-order valence-electron chi connectivity index (χ1n) is 9.60. The van der Waals surface area contributed by atoms with E-state index in [1.165, 1.54) is 5.56 Å². The van der Waals surface area contributed by atoms with Gasteiger partial charge in [-0.1, -0.05) is 53.6 Å². The van der Waals surface area contributed by atoms with E-state index in [9.17, 15) is 4.79 Å². The van der Waals surface area contributed by atoms with Crippen molar-refractivity contribution in [3.05, 3.63) is 88.7 Å². The number of aryl methyl sites for hydroxylation is 3. The van der Waals surface area contributed by atoms with Crippen LogP contribution in [0.3, 0.4) is 0 Å². The van der Waals surface area contributed by atoms with Crippen LogP contribution in [0.25, 0.3) is 16.9 Å². The summed E-state index contributed by atoms with van der Waals surface area (Å²) in [5.74, 6) is -0.0727. The largest absolute Gasteiger partial charge is 0.325 e. The Kier molecular flexibility index (Phi) is 5.36. The first-order chi connectivity index (χ1) is 14.0. The van der Waals surface area contributed by atoms with Gasteiger partial charge in [0.05, 0.1) is 22.1 Å². The molecule has 146 valence electrons. The number of aromatic nitrogens is 2. The fourth-order valence-corrected chi connectivity index (χ4v) is 3.68. The molecule has 0 fully saturated rings. The van der Waals surface area contributed by atoms with Crippen LogP contribution in [0.1, 0.15) is 23.2 Å². The van der Waals surface area contributed by atoms with Gasteiger partial charge in [-0.25, -0.2) is 4.98 Å². The number of hydrogen-bond donors (Lipinski definition) is 1. The minimum Gasteiger partial charge on any atom is -0.325 e. The number of anilines is 1. The summed E-state index contributed by atoms with van der Waals surface area (Å²) < 4.78 is 2.06. The van der Waals surface area contributed by atoms with Crippen LogP contribution in [0, 0.1) is 13.8 Å². The number of carbonyl (C=O) groups excluding carboxylic acids is 1. The number of nitrogens with one attached hydrogen (secondary N) is 1. The summed E-state index contributed by atoms with van der Waals surface area (Å²) in [6, 6.07) is 19.8. The highest BCUT2D eigenvalue weighted by molar-refractivity contribution is 6.33. The predicted molar refractivity (Wildman–Crippen MR) is 119 cm³/mol. The number of pyridine rings is 1. The highest BCUT2D eigenvalue weighted by Crippen LogP contribution is 2.27. The van der Waals surface area contributed by atoms with E-state index in [2.05, 4.69) is 40.9 Å². The molecule has 0 aliphatic carbocycles. The summed E-state index contributed by atoms with van der Waals surface area (Å²) in [5, 5.41) is 3.46. The molecule has 0 aliphatic rings. The Morgan fingerprint density at radius 3 is 2.55 bits per heavy atom. The molecule has 29 heavy (non-hydrogen) atoms. The molecule has 5 heteroatoms. The van der Waals surface area contributed by atoms with Crippen LogP contribution in [0.4, 0.5) is 5.69 Å². The number of imidazole rings is 1. The standard InChI is InChI=1S/C24H22ClN3O/c1-16-6-9-18(10-7-16)24-21(28-14-4-3-5-22(28)27-24)12-13-23(29)26-20-11-8-17(2)15-19(20)25/h3-11,14-15H,12-13H2,1-2H3,(H,26,29). The van der Waals surface area contributed by atoms with Gasteiger partial charge in [0.2, 0.25) is 5.91 Å². The molecule has 0 aliphatic heterocycles. The van der Waals surface area contributed by atoms with Gasteiger partial charge in [0, 0.05) is 18.2 Å². The molecular weight excluding hydrogens is 382 g/mol. The molecule has 0 saturated carbocycles. The average molecular weight is 404 g/mol. The SMILES string of the molecule is Cc1ccc(-c2nc3ccccn3c2CCC(=O)Nc2ccc(C)cc2Cl)cc1. The summed E-state index contributed by atoms with van der Waals surface area (Å²) in [7, 11) is 0. The maximum absolute atomic E-state index is 12.6. The lowest BCUT2D eigenvalue weighted by Gasteiger charge is -2.09. The normalized spacial score (nSPS) is 11.0. The number of hydrogen-bond acceptors (Lipinski definition) is 2. The van der Waals surface area contributed by atoms with Gasteiger partial charge in [-0.2, -0.15) is 0 Å². The summed E-state index contributed by atoms with van der Waals surface area (Å²) in [4.78, 5) is 17.4. The fraction of sp³-hybridized carbons (Fsp3) is 0.167. The second kappa shape index (κ2) is 8.10. The second-order valence-electron chi connectivity index (χ2n) is 7.23. The van der Waals surface area contributed by atoms with Crippen LogP contribution >= 0.6 is 11.6 Å². The highest BCUT2D eigenvalue weighted by Gasteiger charge is 2.15. The molecule has 4 aromatic rings. The van der Waals surface area contributed by atoms with Crippen LogP contribution in [-0.4, -0.2) is 15.3 Å². The highest BCUT2D eigenvalue weighted by atomic mass is 35.5. The van der Waals surface area contributed by atoms with Crippen molar-refractivity contribution < 1.29 is 4.79 Å². The molecule has 0 unspecified atom stereocenters. The van der Waals surface area contributed by atoms with E-state index in [0.717, 1.165) is 28.2 Å². The Morgan fingerprint density at radius 1 is 1.03 bits per heavy atom. The zero-order valence-corrected chi connectivity index (χ0v) is 17.2. The number of halogens is 1. The van der Waals surface area contributed by atoms with Crippen LogP contribution in [0.2, 0.25) is 5.02 Å². The van der Waals surface area contributed by atoms with E-state index in [1.54, 1.807) is 0 Å². The van der Waals surface area contributed by atoms with Crippen LogP contribution < -0.4 is 5.32 Å². The smallest absolute Gasteiger partial charge is 0.224 e. The summed E-state index contributed by atoms with van der Waals surface area (Å²) >= 11 is 6.24. The second-order valence-corrected chi connectivity index (χ2v) is 7.64. The summed E-state index contributed by atoms with van der Waals surface area (Å²) in [6.45, 7) is 4.03. The first-order valence-corrected chi connectivity index (χ1v) is 9.98. The van der Waals surface area contributed by atoms with Crippen molar-refractivity contribution in [1.82, 2.24) is 9.38 Å². The Hall–Kier alpha value is -3.11. The van der Waals surface area contributed by atoms with E-state index < -0.39 is 0 Å². The van der Waals surface area contributed by atoms with Gasteiger partial charge >= 0.3 is 0 Å². The Morgan fingerprint density at radius 2 is 1.79 bits per heavy atom. The molecule has 0 radical (unpaired) electrons. The lowest BCUT2D eigenvalue weighted by atomic mass is 10.1. The number of rotatable bonds is 5. The molecule has 0 saturated heterocycles. The van der Waals surface area contributed by atoms with Crippen molar-refractivity contribution in [3.8, 4) is 11.3 Å². The van der Waals surface area contributed by atoms with Gasteiger partial charge in [-0.3, -0.25) is 4.79 Å². The van der Waals surface area contributed by atoms with Crippen molar-refractivity contribution in [3.63, 3.8) is 0 Å². The molecule has 0 spiro atoms. The maximum atomic E-state index is 12.6. The summed E-state index contributed by atoms with van der Waals surface area (Å²) in [5.41, 5.74) is 6.76. The third-order valence-electron chi connectivity index (χ3n) is 4.94. The monoisotopic (exact) mass is 403 g/mol. The Bertz CT molecular complexity index is 1180. The summed E-state index contributed by atoms with van der Waals surface area (Å²) in [6.07, 6.45) is 2.90. The molecule has 4 rings (SSSR count).